The number of fused-ring (bicyclic) bond motifs is 11. The molecule has 11 aromatic rings. The summed E-state index contributed by atoms with van der Waals surface area (Å²) in [6, 6.07) is 66.8. The van der Waals surface area contributed by atoms with E-state index in [4.69, 9.17) is 0 Å². The van der Waals surface area contributed by atoms with Gasteiger partial charge in [-0.3, -0.25) is 0 Å². The average molecular weight is 667 g/mol. The second kappa shape index (κ2) is 11.0. The van der Waals surface area contributed by atoms with Gasteiger partial charge in [-0.1, -0.05) is 127 Å². The molecule has 0 radical (unpaired) electrons. The van der Waals surface area contributed by atoms with Gasteiger partial charge < -0.3 is 9.47 Å². The van der Waals surface area contributed by atoms with E-state index in [2.05, 4.69) is 191 Å². The zero-order valence-corrected chi connectivity index (χ0v) is 28.4. The van der Waals surface area contributed by atoms with Crippen LogP contribution in [0.1, 0.15) is 0 Å². The highest BCUT2D eigenvalue weighted by Gasteiger charge is 2.24. The largest absolute Gasteiger partial charge is 0.308 e. The molecule has 2 heterocycles. The van der Waals surface area contributed by atoms with Crippen molar-refractivity contribution in [2.24, 2.45) is 0 Å². The molecule has 0 aliphatic rings. The van der Waals surface area contributed by atoms with Gasteiger partial charge >= 0.3 is 0 Å². The number of para-hydroxylation sites is 3. The predicted octanol–water partition coefficient (Wildman–Crippen LogP) is 14.1. The molecule has 0 saturated carbocycles. The van der Waals surface area contributed by atoms with Crippen molar-refractivity contribution in [1.82, 2.24) is 4.57 Å². The Morgan fingerprint density at radius 1 is 0.392 bits per heavy atom. The zero-order chi connectivity index (χ0) is 33.5. The normalized spacial score (nSPS) is 11.9. The van der Waals surface area contributed by atoms with E-state index in [1.54, 1.807) is 0 Å². The zero-order valence-electron chi connectivity index (χ0n) is 27.6. The van der Waals surface area contributed by atoms with Crippen molar-refractivity contribution in [3.8, 4) is 5.69 Å². The lowest BCUT2D eigenvalue weighted by atomic mass is 9.96. The molecule has 9 aromatic carbocycles. The van der Waals surface area contributed by atoms with Crippen LogP contribution in [0.25, 0.3) is 80.0 Å². The summed E-state index contributed by atoms with van der Waals surface area (Å²) in [6.07, 6.45) is 0. The number of aromatic nitrogens is 1. The van der Waals surface area contributed by atoms with Crippen LogP contribution in [0.3, 0.4) is 0 Å². The van der Waals surface area contributed by atoms with Crippen molar-refractivity contribution in [2.45, 2.75) is 0 Å². The third-order valence-electron chi connectivity index (χ3n) is 10.5. The highest BCUT2D eigenvalue weighted by Crippen LogP contribution is 2.48. The van der Waals surface area contributed by atoms with E-state index in [1.165, 1.54) is 80.0 Å². The molecule has 2 nitrogen and oxygen atoms in total. The van der Waals surface area contributed by atoms with Gasteiger partial charge in [0.1, 0.15) is 0 Å². The molecule has 0 saturated heterocycles. The lowest BCUT2D eigenvalue weighted by Crippen LogP contribution is -2.12. The van der Waals surface area contributed by atoms with Crippen molar-refractivity contribution >= 4 is 103 Å². The molecule has 11 rings (SSSR count). The predicted molar refractivity (Wildman–Crippen MR) is 221 cm³/mol. The summed E-state index contributed by atoms with van der Waals surface area (Å²) in [5.74, 6) is 0. The first-order chi connectivity index (χ1) is 25.3. The minimum Gasteiger partial charge on any atom is -0.308 e. The number of thiophene rings is 1. The third kappa shape index (κ3) is 4.22. The van der Waals surface area contributed by atoms with Crippen molar-refractivity contribution in [2.75, 3.05) is 4.90 Å². The van der Waals surface area contributed by atoms with E-state index >= 15 is 0 Å². The summed E-state index contributed by atoms with van der Waals surface area (Å²) in [4.78, 5) is 2.52. The van der Waals surface area contributed by atoms with Gasteiger partial charge in [0.15, 0.2) is 0 Å². The quantitative estimate of drug-likeness (QED) is 0.170. The summed E-state index contributed by atoms with van der Waals surface area (Å²) in [7, 11) is 0. The fourth-order valence-electron chi connectivity index (χ4n) is 8.32. The van der Waals surface area contributed by atoms with Gasteiger partial charge in [0, 0.05) is 42.3 Å². The first kappa shape index (κ1) is 28.4. The third-order valence-corrected chi connectivity index (χ3v) is 11.7. The Morgan fingerprint density at radius 3 is 1.90 bits per heavy atom. The van der Waals surface area contributed by atoms with Gasteiger partial charge in [0.2, 0.25) is 0 Å². The number of nitrogens with zero attached hydrogens (tertiary/aromatic N) is 2. The molecule has 0 atom stereocenters. The Hall–Kier alpha value is -6.42. The first-order valence-electron chi connectivity index (χ1n) is 17.4. The fourth-order valence-corrected chi connectivity index (χ4v) is 9.45. The summed E-state index contributed by atoms with van der Waals surface area (Å²) < 4.78 is 5.03. The Labute approximate surface area is 298 Å². The Balaban J connectivity index is 1.29. The minimum atomic E-state index is 1.13. The van der Waals surface area contributed by atoms with Crippen LogP contribution in [0, 0.1) is 0 Å². The second-order valence-electron chi connectivity index (χ2n) is 13.3. The second-order valence-corrected chi connectivity index (χ2v) is 14.4. The van der Waals surface area contributed by atoms with E-state index in [0.29, 0.717) is 0 Å². The molecule has 51 heavy (non-hydrogen) atoms. The van der Waals surface area contributed by atoms with Crippen LogP contribution in [-0.4, -0.2) is 4.57 Å². The van der Waals surface area contributed by atoms with Crippen LogP contribution in [0.15, 0.2) is 182 Å². The van der Waals surface area contributed by atoms with Crippen LogP contribution < -0.4 is 4.90 Å². The van der Waals surface area contributed by atoms with E-state index in [0.717, 1.165) is 17.1 Å². The molecule has 0 fully saturated rings. The molecule has 3 heteroatoms. The van der Waals surface area contributed by atoms with Crippen LogP contribution in [0.4, 0.5) is 17.1 Å². The fraction of sp³-hybridized carbons (Fsp3) is 0. The van der Waals surface area contributed by atoms with E-state index in [-0.39, 0.29) is 0 Å². The standard InChI is InChI=1S/C48H30N2S/c1-2-13-33(14-3-1)50-42-19-8-6-16-38(42)39-18-10-21-44(48(39)50)49(43-20-11-23-46-47(43)40-17-7-9-22-45(40)51-46)34-27-24-32-26-28-36-35-15-5-4-12-31(35)25-29-37(36)41(32)30-34/h1-30H. The molecule has 0 bridgehead atoms. The Morgan fingerprint density at radius 2 is 1.02 bits per heavy atom. The smallest absolute Gasteiger partial charge is 0.0782 e. The van der Waals surface area contributed by atoms with Gasteiger partial charge in [-0.25, -0.2) is 0 Å². The molecular weight excluding hydrogens is 637 g/mol. The van der Waals surface area contributed by atoms with E-state index in [9.17, 15) is 0 Å². The van der Waals surface area contributed by atoms with Crippen LogP contribution in [-0.2, 0) is 0 Å². The van der Waals surface area contributed by atoms with Gasteiger partial charge in [-0.15, -0.1) is 11.3 Å². The number of anilines is 3. The van der Waals surface area contributed by atoms with Gasteiger partial charge in [-0.05, 0) is 86.9 Å². The van der Waals surface area contributed by atoms with E-state index < -0.39 is 0 Å². The lowest BCUT2D eigenvalue weighted by Gasteiger charge is -2.28. The molecule has 0 aliphatic heterocycles. The summed E-state index contributed by atoms with van der Waals surface area (Å²) in [5, 5.41) is 12.6. The monoisotopic (exact) mass is 666 g/mol. The SMILES string of the molecule is c1ccc(-n2c3ccccc3c3cccc(N(c4ccc5ccc6c7ccccc7ccc6c5c4)c4cccc5sc6ccccc6c45)c32)cc1. The van der Waals surface area contributed by atoms with Gasteiger partial charge in [0.25, 0.3) is 0 Å². The van der Waals surface area contributed by atoms with Gasteiger partial charge in [-0.2, -0.15) is 0 Å². The summed E-state index contributed by atoms with van der Waals surface area (Å²) in [6.45, 7) is 0. The van der Waals surface area contributed by atoms with Crippen LogP contribution >= 0.6 is 11.3 Å². The van der Waals surface area contributed by atoms with Crippen LogP contribution in [0.5, 0.6) is 0 Å². The van der Waals surface area contributed by atoms with Gasteiger partial charge in [0.05, 0.1) is 22.4 Å². The average Bonchev–Trinajstić information content (AvgIpc) is 3.75. The highest BCUT2D eigenvalue weighted by molar-refractivity contribution is 7.26. The summed E-state index contributed by atoms with van der Waals surface area (Å²) in [5.41, 5.74) is 6.97. The van der Waals surface area contributed by atoms with Crippen molar-refractivity contribution in [3.63, 3.8) is 0 Å². The summed E-state index contributed by atoms with van der Waals surface area (Å²) >= 11 is 1.86. The molecule has 0 N–H and O–H groups in total. The number of benzene rings is 9. The molecule has 0 aliphatic carbocycles. The van der Waals surface area contributed by atoms with E-state index in [1.807, 2.05) is 11.3 Å². The maximum absolute atomic E-state index is 2.52. The molecule has 0 amide bonds. The lowest BCUT2D eigenvalue weighted by molar-refractivity contribution is 1.17. The maximum atomic E-state index is 2.52. The highest BCUT2D eigenvalue weighted by atomic mass is 32.1. The topological polar surface area (TPSA) is 8.17 Å². The van der Waals surface area contributed by atoms with Crippen molar-refractivity contribution in [3.05, 3.63) is 182 Å². The number of hydrogen-bond acceptors (Lipinski definition) is 2. The van der Waals surface area contributed by atoms with Crippen molar-refractivity contribution in [1.29, 1.82) is 0 Å². The molecular formula is C48H30N2S. The van der Waals surface area contributed by atoms with Crippen LogP contribution in [0.2, 0.25) is 0 Å². The maximum Gasteiger partial charge on any atom is 0.0782 e. The van der Waals surface area contributed by atoms with Crippen molar-refractivity contribution < 1.29 is 0 Å². The minimum absolute atomic E-state index is 1.13. The number of hydrogen-bond donors (Lipinski definition) is 0. The molecule has 0 unspecified atom stereocenters. The molecule has 238 valence electrons. The molecule has 0 spiro atoms. The first-order valence-corrected chi connectivity index (χ1v) is 18.3. The Kier molecular flexibility index (Phi) is 6.16. The number of rotatable bonds is 4. The Bertz CT molecular complexity index is 3150. The molecule has 2 aromatic heterocycles.